The van der Waals surface area contributed by atoms with Crippen LogP contribution in [0.15, 0.2) is 65.5 Å². The van der Waals surface area contributed by atoms with Crippen LogP contribution in [-0.4, -0.2) is 9.97 Å². The fraction of sp³-hybridized carbons (Fsp3) is 0.231. The number of benzene rings is 2. The maximum absolute atomic E-state index is 8.80. The molecule has 2 aromatic carbocycles. The summed E-state index contributed by atoms with van der Waals surface area (Å²) in [5, 5.41) is 3.77. The lowest BCUT2D eigenvalue weighted by Gasteiger charge is -2.20. The second-order valence-corrected chi connectivity index (χ2v) is 8.31. The summed E-state index contributed by atoms with van der Waals surface area (Å²) in [6.45, 7) is 2.79. The SMILES string of the molecule is [2H]C([2H])([2H])c1cnc(-c2cccc3c2oc2c4cnccc4ccc32)cc1C([2H])([2H])C(C)(C)C. The van der Waals surface area contributed by atoms with Gasteiger partial charge < -0.3 is 4.42 Å². The number of furan rings is 1. The van der Waals surface area contributed by atoms with Gasteiger partial charge in [-0.25, -0.2) is 0 Å². The molecule has 3 nitrogen and oxygen atoms in total. The van der Waals surface area contributed by atoms with Gasteiger partial charge in [-0.3, -0.25) is 9.97 Å². The van der Waals surface area contributed by atoms with Crippen molar-refractivity contribution in [2.45, 2.75) is 34.0 Å². The minimum Gasteiger partial charge on any atom is -0.455 e. The Labute approximate surface area is 177 Å². The van der Waals surface area contributed by atoms with Gasteiger partial charge in [0, 0.05) is 47.2 Å². The first kappa shape index (κ1) is 13.1. The van der Waals surface area contributed by atoms with Crippen molar-refractivity contribution >= 4 is 32.7 Å². The van der Waals surface area contributed by atoms with Crippen molar-refractivity contribution < 1.29 is 11.3 Å². The zero-order chi connectivity index (χ0) is 24.5. The van der Waals surface area contributed by atoms with E-state index >= 15 is 0 Å². The van der Waals surface area contributed by atoms with Gasteiger partial charge in [-0.2, -0.15) is 0 Å². The number of aromatic nitrogens is 2. The maximum Gasteiger partial charge on any atom is 0.144 e. The van der Waals surface area contributed by atoms with Crippen molar-refractivity contribution in [1.29, 1.82) is 0 Å². The van der Waals surface area contributed by atoms with Gasteiger partial charge in [0.1, 0.15) is 11.2 Å². The molecular formula is C26H24N2O. The van der Waals surface area contributed by atoms with E-state index < -0.39 is 18.6 Å². The molecule has 0 atom stereocenters. The summed E-state index contributed by atoms with van der Waals surface area (Å²) >= 11 is 0. The summed E-state index contributed by atoms with van der Waals surface area (Å²) in [6.07, 6.45) is 2.89. The van der Waals surface area contributed by atoms with Crippen LogP contribution in [0.3, 0.4) is 0 Å². The van der Waals surface area contributed by atoms with Crippen LogP contribution < -0.4 is 0 Å². The van der Waals surface area contributed by atoms with Gasteiger partial charge in [0.25, 0.3) is 0 Å². The standard InChI is InChI=1S/C26H24N2O/c1-16-14-28-23(12-18(16)13-26(2,3)4)21-7-5-6-19-20-9-8-17-10-11-27-15-22(17)25(20)29-24(19)21/h5-12,14-15H,13H2,1-4H3/i1D3,13D2. The highest BCUT2D eigenvalue weighted by atomic mass is 16.3. The van der Waals surface area contributed by atoms with E-state index in [2.05, 4.69) is 9.97 Å². The number of rotatable bonds is 2. The van der Waals surface area contributed by atoms with Gasteiger partial charge in [0.2, 0.25) is 0 Å². The molecule has 0 bridgehead atoms. The summed E-state index contributed by atoms with van der Waals surface area (Å²) in [4.78, 5) is 8.70. The molecule has 0 unspecified atom stereocenters. The molecule has 5 rings (SSSR count). The van der Waals surface area contributed by atoms with E-state index in [-0.39, 0.29) is 11.1 Å². The summed E-state index contributed by atoms with van der Waals surface area (Å²) in [5.41, 5.74) is 1.68. The van der Waals surface area contributed by atoms with Crippen LogP contribution in [0.1, 0.15) is 38.8 Å². The first-order chi connectivity index (χ1) is 15.9. The number of aryl methyl sites for hydroxylation is 1. The van der Waals surface area contributed by atoms with Crippen molar-refractivity contribution in [1.82, 2.24) is 9.97 Å². The van der Waals surface area contributed by atoms with Gasteiger partial charge in [0.15, 0.2) is 0 Å². The van der Waals surface area contributed by atoms with E-state index in [1.54, 1.807) is 39.2 Å². The highest BCUT2D eigenvalue weighted by Gasteiger charge is 2.17. The quantitative estimate of drug-likeness (QED) is 0.325. The second-order valence-electron chi connectivity index (χ2n) is 8.31. The van der Waals surface area contributed by atoms with E-state index in [0.29, 0.717) is 16.8 Å². The number of pyridine rings is 2. The van der Waals surface area contributed by atoms with E-state index in [1.807, 2.05) is 36.4 Å². The number of nitrogens with zero attached hydrogens (tertiary/aromatic N) is 2. The Morgan fingerprint density at radius 1 is 1.00 bits per heavy atom. The molecule has 3 heterocycles. The van der Waals surface area contributed by atoms with Gasteiger partial charge >= 0.3 is 0 Å². The molecule has 0 N–H and O–H groups in total. The minimum atomic E-state index is -2.49. The third-order valence-corrected chi connectivity index (χ3v) is 4.97. The first-order valence-electron chi connectivity index (χ1n) is 12.1. The average Bonchev–Trinajstić information content (AvgIpc) is 3.16. The summed E-state index contributed by atoms with van der Waals surface area (Å²) < 4.78 is 47.8. The Balaban J connectivity index is 1.80. The average molecular weight is 386 g/mol. The molecule has 0 saturated carbocycles. The molecule has 29 heavy (non-hydrogen) atoms. The summed E-state index contributed by atoms with van der Waals surface area (Å²) in [6, 6.07) is 13.3. The number of hydrogen-bond acceptors (Lipinski definition) is 3. The van der Waals surface area contributed by atoms with Gasteiger partial charge in [-0.05, 0) is 59.4 Å². The highest BCUT2D eigenvalue weighted by Crippen LogP contribution is 2.38. The molecule has 0 saturated heterocycles. The van der Waals surface area contributed by atoms with Crippen molar-refractivity contribution in [3.8, 4) is 11.3 Å². The first-order valence-corrected chi connectivity index (χ1v) is 9.59. The minimum absolute atomic E-state index is 0.0787. The lowest BCUT2D eigenvalue weighted by atomic mass is 9.86. The lowest BCUT2D eigenvalue weighted by molar-refractivity contribution is 0.410. The normalized spacial score (nSPS) is 15.8. The molecule has 144 valence electrons. The van der Waals surface area contributed by atoms with Gasteiger partial charge in [-0.1, -0.05) is 39.0 Å². The zero-order valence-electron chi connectivity index (χ0n) is 21.6. The Hall–Kier alpha value is -3.20. The molecule has 0 amide bonds. The van der Waals surface area contributed by atoms with Gasteiger partial charge in [0.05, 0.1) is 5.69 Å². The third kappa shape index (κ3) is 3.07. The molecule has 0 aliphatic heterocycles. The van der Waals surface area contributed by atoms with E-state index in [9.17, 15) is 0 Å². The van der Waals surface area contributed by atoms with Crippen molar-refractivity contribution in [2.75, 3.05) is 0 Å². The number of para-hydroxylation sites is 1. The van der Waals surface area contributed by atoms with E-state index in [4.69, 9.17) is 11.3 Å². The monoisotopic (exact) mass is 385 g/mol. The Kier molecular flexibility index (Phi) is 2.90. The number of fused-ring (bicyclic) bond motifs is 5. The van der Waals surface area contributed by atoms with Gasteiger partial charge in [-0.15, -0.1) is 0 Å². The predicted octanol–water partition coefficient (Wildman–Crippen LogP) is 7.09. The molecule has 3 aromatic heterocycles. The molecular weight excluding hydrogens is 356 g/mol. The van der Waals surface area contributed by atoms with Crippen molar-refractivity contribution in [3.05, 3.63) is 72.2 Å². The van der Waals surface area contributed by atoms with Crippen molar-refractivity contribution in [3.63, 3.8) is 0 Å². The van der Waals surface area contributed by atoms with Crippen LogP contribution in [0.25, 0.3) is 44.0 Å². The molecule has 3 heteroatoms. The largest absolute Gasteiger partial charge is 0.455 e. The fourth-order valence-electron chi connectivity index (χ4n) is 3.73. The third-order valence-electron chi connectivity index (χ3n) is 4.97. The van der Waals surface area contributed by atoms with Crippen LogP contribution in [0.5, 0.6) is 0 Å². The fourth-order valence-corrected chi connectivity index (χ4v) is 3.73. The molecule has 5 aromatic rings. The summed E-state index contributed by atoms with van der Waals surface area (Å²) in [7, 11) is 0. The van der Waals surface area contributed by atoms with Crippen LogP contribution in [-0.2, 0) is 6.37 Å². The van der Waals surface area contributed by atoms with Crippen LogP contribution >= 0.6 is 0 Å². The smallest absolute Gasteiger partial charge is 0.144 e. The molecule has 0 aliphatic carbocycles. The Morgan fingerprint density at radius 2 is 1.86 bits per heavy atom. The molecule has 0 aliphatic rings. The number of hydrogen-bond donors (Lipinski definition) is 0. The van der Waals surface area contributed by atoms with E-state index in [1.165, 1.54) is 6.20 Å². The topological polar surface area (TPSA) is 38.9 Å². The highest BCUT2D eigenvalue weighted by molar-refractivity contribution is 6.16. The Morgan fingerprint density at radius 3 is 2.69 bits per heavy atom. The predicted molar refractivity (Wildman–Crippen MR) is 120 cm³/mol. The van der Waals surface area contributed by atoms with Crippen molar-refractivity contribution in [2.24, 2.45) is 5.41 Å². The van der Waals surface area contributed by atoms with Crippen LogP contribution in [0.4, 0.5) is 0 Å². The lowest BCUT2D eigenvalue weighted by Crippen LogP contribution is -2.10. The van der Waals surface area contributed by atoms with E-state index in [0.717, 1.165) is 27.1 Å². The summed E-state index contributed by atoms with van der Waals surface area (Å²) in [5.74, 6) is 0. The molecule has 0 fully saturated rings. The van der Waals surface area contributed by atoms with Crippen LogP contribution in [0.2, 0.25) is 0 Å². The second kappa shape index (κ2) is 6.41. The molecule has 0 spiro atoms. The van der Waals surface area contributed by atoms with Crippen LogP contribution in [0, 0.1) is 12.3 Å². The molecule has 0 radical (unpaired) electrons. The maximum atomic E-state index is 8.80. The zero-order valence-corrected chi connectivity index (χ0v) is 16.6. The Bertz CT molecular complexity index is 1560.